The lowest BCUT2D eigenvalue weighted by atomic mass is 10.3. The fraction of sp³-hybridized carbons (Fsp3) is 0.231. The molecule has 2 aromatic rings. The maximum Gasteiger partial charge on any atom is 0.358 e. The van der Waals surface area contributed by atoms with Crippen molar-refractivity contribution in [2.75, 3.05) is 19.1 Å². The lowest BCUT2D eigenvalue weighted by Crippen LogP contribution is -2.19. The largest absolute Gasteiger partial charge is 0.464 e. The number of ether oxygens (including phenoxy) is 1. The predicted octanol–water partition coefficient (Wildman–Crippen LogP) is 1.29. The van der Waals surface area contributed by atoms with Gasteiger partial charge in [-0.15, -0.1) is 0 Å². The molecule has 0 aliphatic heterocycles. The Balaban J connectivity index is 2.15. The number of aromatic nitrogens is 3. The molecule has 2 rings (SSSR count). The zero-order valence-corrected chi connectivity index (χ0v) is 10.8. The van der Waals surface area contributed by atoms with Gasteiger partial charge in [0, 0.05) is 26.0 Å². The zero-order valence-electron chi connectivity index (χ0n) is 10.8. The fourth-order valence-corrected chi connectivity index (χ4v) is 1.59. The monoisotopic (exact) mass is 258 g/mol. The van der Waals surface area contributed by atoms with Gasteiger partial charge in [-0.3, -0.25) is 9.97 Å². The van der Waals surface area contributed by atoms with Crippen molar-refractivity contribution < 1.29 is 9.53 Å². The van der Waals surface area contributed by atoms with E-state index in [1.807, 2.05) is 24.1 Å². The van der Waals surface area contributed by atoms with E-state index in [2.05, 4.69) is 19.7 Å². The fourth-order valence-electron chi connectivity index (χ4n) is 1.59. The van der Waals surface area contributed by atoms with Gasteiger partial charge >= 0.3 is 5.97 Å². The summed E-state index contributed by atoms with van der Waals surface area (Å²) in [5.74, 6) is 0.107. The lowest BCUT2D eigenvalue weighted by Gasteiger charge is -2.17. The summed E-state index contributed by atoms with van der Waals surface area (Å²) in [6.07, 6.45) is 6.49. The predicted molar refractivity (Wildman–Crippen MR) is 69.7 cm³/mol. The average molecular weight is 258 g/mol. The molecule has 0 amide bonds. The van der Waals surface area contributed by atoms with Gasteiger partial charge in [0.2, 0.25) is 0 Å². The number of anilines is 1. The van der Waals surface area contributed by atoms with Crippen molar-refractivity contribution in [2.45, 2.75) is 6.54 Å². The van der Waals surface area contributed by atoms with Crippen LogP contribution in [0.3, 0.4) is 0 Å². The highest BCUT2D eigenvalue weighted by Crippen LogP contribution is 2.11. The van der Waals surface area contributed by atoms with Crippen LogP contribution in [0.25, 0.3) is 0 Å². The van der Waals surface area contributed by atoms with Gasteiger partial charge < -0.3 is 9.64 Å². The Labute approximate surface area is 111 Å². The molecule has 0 aromatic carbocycles. The summed E-state index contributed by atoms with van der Waals surface area (Å²) in [6, 6.07) is 3.85. The van der Waals surface area contributed by atoms with Crippen LogP contribution in [0.5, 0.6) is 0 Å². The zero-order chi connectivity index (χ0) is 13.7. The van der Waals surface area contributed by atoms with E-state index in [1.165, 1.54) is 13.3 Å². The molecule has 0 unspecified atom stereocenters. The maximum absolute atomic E-state index is 11.4. The topological polar surface area (TPSA) is 68.2 Å². The standard InChI is InChI=1S/C13H14N4O2/c1-17(9-10-4-3-5-14-6-10)12-8-15-7-11(16-12)13(18)19-2/h3-8H,9H2,1-2H3. The molecule has 0 N–H and O–H groups in total. The number of pyridine rings is 1. The van der Waals surface area contributed by atoms with Gasteiger partial charge in [0.15, 0.2) is 5.69 Å². The highest BCUT2D eigenvalue weighted by molar-refractivity contribution is 5.87. The Morgan fingerprint density at radius 3 is 2.84 bits per heavy atom. The number of methoxy groups -OCH3 is 1. The average Bonchev–Trinajstić information content (AvgIpc) is 2.47. The third-order valence-electron chi connectivity index (χ3n) is 2.55. The van der Waals surface area contributed by atoms with Gasteiger partial charge in [-0.25, -0.2) is 9.78 Å². The summed E-state index contributed by atoms with van der Waals surface area (Å²) in [4.78, 5) is 25.5. The molecule has 6 heteroatoms. The Morgan fingerprint density at radius 2 is 2.16 bits per heavy atom. The number of rotatable bonds is 4. The van der Waals surface area contributed by atoms with Gasteiger partial charge in [-0.2, -0.15) is 0 Å². The molecule has 0 aliphatic rings. The van der Waals surface area contributed by atoms with Crippen molar-refractivity contribution in [1.82, 2.24) is 15.0 Å². The Hall–Kier alpha value is -2.50. The summed E-state index contributed by atoms with van der Waals surface area (Å²) < 4.78 is 4.62. The van der Waals surface area contributed by atoms with Crippen LogP contribution in [0.1, 0.15) is 16.1 Å². The molecular weight excluding hydrogens is 244 g/mol. The molecule has 0 spiro atoms. The van der Waals surface area contributed by atoms with E-state index in [4.69, 9.17) is 0 Å². The molecule has 0 fully saturated rings. The van der Waals surface area contributed by atoms with Crippen LogP contribution in [0.15, 0.2) is 36.9 Å². The van der Waals surface area contributed by atoms with Crippen LogP contribution in [0, 0.1) is 0 Å². The first-order valence-corrected chi connectivity index (χ1v) is 5.71. The number of carbonyl (C=O) groups is 1. The number of carbonyl (C=O) groups excluding carboxylic acids is 1. The minimum absolute atomic E-state index is 0.193. The highest BCUT2D eigenvalue weighted by atomic mass is 16.5. The van der Waals surface area contributed by atoms with E-state index in [9.17, 15) is 4.79 Å². The summed E-state index contributed by atoms with van der Waals surface area (Å²) in [5.41, 5.74) is 1.24. The second kappa shape index (κ2) is 5.90. The van der Waals surface area contributed by atoms with E-state index in [0.29, 0.717) is 12.4 Å². The van der Waals surface area contributed by atoms with Crippen molar-refractivity contribution in [2.24, 2.45) is 0 Å². The Bertz CT molecular complexity index is 560. The smallest absolute Gasteiger partial charge is 0.358 e. The van der Waals surface area contributed by atoms with Gasteiger partial charge in [0.25, 0.3) is 0 Å². The molecule has 0 saturated carbocycles. The second-order valence-electron chi connectivity index (χ2n) is 3.97. The van der Waals surface area contributed by atoms with Crippen LogP contribution in [0.2, 0.25) is 0 Å². The van der Waals surface area contributed by atoms with Crippen LogP contribution in [0.4, 0.5) is 5.82 Å². The minimum Gasteiger partial charge on any atom is -0.464 e. The van der Waals surface area contributed by atoms with Crippen LogP contribution in [-0.4, -0.2) is 35.1 Å². The maximum atomic E-state index is 11.4. The normalized spacial score (nSPS) is 10.0. The number of hydrogen-bond acceptors (Lipinski definition) is 6. The quantitative estimate of drug-likeness (QED) is 0.770. The van der Waals surface area contributed by atoms with Gasteiger partial charge in [-0.05, 0) is 11.6 Å². The van der Waals surface area contributed by atoms with Crippen LogP contribution in [-0.2, 0) is 11.3 Å². The van der Waals surface area contributed by atoms with Gasteiger partial charge in [0.05, 0.1) is 19.5 Å². The third-order valence-corrected chi connectivity index (χ3v) is 2.55. The van der Waals surface area contributed by atoms with E-state index in [-0.39, 0.29) is 5.69 Å². The SMILES string of the molecule is COC(=O)c1cncc(N(C)Cc2cccnc2)n1. The van der Waals surface area contributed by atoms with E-state index in [0.717, 1.165) is 5.56 Å². The van der Waals surface area contributed by atoms with Crippen molar-refractivity contribution in [3.63, 3.8) is 0 Å². The first-order chi connectivity index (χ1) is 9.20. The van der Waals surface area contributed by atoms with Crippen molar-refractivity contribution in [1.29, 1.82) is 0 Å². The second-order valence-corrected chi connectivity index (χ2v) is 3.97. The minimum atomic E-state index is -0.496. The summed E-state index contributed by atoms with van der Waals surface area (Å²) in [5, 5.41) is 0. The molecular formula is C13H14N4O2. The summed E-state index contributed by atoms with van der Waals surface area (Å²) >= 11 is 0. The molecule has 2 heterocycles. The molecule has 6 nitrogen and oxygen atoms in total. The number of nitrogens with zero attached hydrogens (tertiary/aromatic N) is 4. The van der Waals surface area contributed by atoms with Crippen LogP contribution < -0.4 is 4.90 Å². The van der Waals surface area contributed by atoms with Crippen molar-refractivity contribution in [3.05, 3.63) is 48.2 Å². The first-order valence-electron chi connectivity index (χ1n) is 5.71. The molecule has 98 valence electrons. The first kappa shape index (κ1) is 12.9. The summed E-state index contributed by atoms with van der Waals surface area (Å²) in [6.45, 7) is 0.632. The van der Waals surface area contributed by atoms with E-state index >= 15 is 0 Å². The van der Waals surface area contributed by atoms with E-state index < -0.39 is 5.97 Å². The highest BCUT2D eigenvalue weighted by Gasteiger charge is 2.11. The van der Waals surface area contributed by atoms with Crippen molar-refractivity contribution in [3.8, 4) is 0 Å². The lowest BCUT2D eigenvalue weighted by molar-refractivity contribution is 0.0593. The number of esters is 1. The third kappa shape index (κ3) is 3.25. The van der Waals surface area contributed by atoms with Crippen molar-refractivity contribution >= 4 is 11.8 Å². The van der Waals surface area contributed by atoms with E-state index in [1.54, 1.807) is 18.6 Å². The molecule has 0 saturated heterocycles. The Kier molecular flexibility index (Phi) is 4.02. The molecule has 19 heavy (non-hydrogen) atoms. The molecule has 2 aromatic heterocycles. The summed E-state index contributed by atoms with van der Waals surface area (Å²) in [7, 11) is 3.19. The Morgan fingerprint density at radius 1 is 1.32 bits per heavy atom. The molecule has 0 bridgehead atoms. The van der Waals surface area contributed by atoms with Gasteiger partial charge in [0.1, 0.15) is 5.82 Å². The number of hydrogen-bond donors (Lipinski definition) is 0. The molecule has 0 atom stereocenters. The molecule has 0 aliphatic carbocycles. The van der Waals surface area contributed by atoms with Gasteiger partial charge in [-0.1, -0.05) is 6.07 Å². The van der Waals surface area contributed by atoms with Crippen LogP contribution >= 0.6 is 0 Å². The molecule has 0 radical (unpaired) electrons.